The first kappa shape index (κ1) is 15.7. The standard InChI is InChI=1S/C13H18N2O2S3/c1-3-15(9-11-5-4-6-18-11)20(16,17)13-7-10(2)12(8-14)19-13/h4-7H,3,8-9,14H2,1-2H3. The van der Waals surface area contributed by atoms with Gasteiger partial charge in [0, 0.05) is 29.4 Å². The molecule has 0 radical (unpaired) electrons. The fourth-order valence-corrected chi connectivity index (χ4v) is 5.74. The third-order valence-electron chi connectivity index (χ3n) is 3.04. The Morgan fingerprint density at radius 1 is 1.40 bits per heavy atom. The average molecular weight is 331 g/mol. The van der Waals surface area contributed by atoms with Gasteiger partial charge in [-0.15, -0.1) is 22.7 Å². The van der Waals surface area contributed by atoms with E-state index in [9.17, 15) is 8.42 Å². The van der Waals surface area contributed by atoms with Gasteiger partial charge in [-0.3, -0.25) is 0 Å². The minimum Gasteiger partial charge on any atom is -0.326 e. The summed E-state index contributed by atoms with van der Waals surface area (Å²) in [5, 5.41) is 1.96. The maximum atomic E-state index is 12.7. The topological polar surface area (TPSA) is 63.4 Å². The van der Waals surface area contributed by atoms with Crippen LogP contribution in [0.4, 0.5) is 0 Å². The predicted molar refractivity (Wildman–Crippen MR) is 84.5 cm³/mol. The van der Waals surface area contributed by atoms with E-state index in [0.717, 1.165) is 15.3 Å². The highest BCUT2D eigenvalue weighted by molar-refractivity contribution is 7.91. The van der Waals surface area contributed by atoms with E-state index in [2.05, 4.69) is 0 Å². The number of nitrogens with zero attached hydrogens (tertiary/aromatic N) is 1. The summed E-state index contributed by atoms with van der Waals surface area (Å²) in [5.41, 5.74) is 6.58. The summed E-state index contributed by atoms with van der Waals surface area (Å²) >= 11 is 2.84. The SMILES string of the molecule is CCN(Cc1cccs1)S(=O)(=O)c1cc(C)c(CN)s1. The van der Waals surface area contributed by atoms with E-state index in [4.69, 9.17) is 5.73 Å². The van der Waals surface area contributed by atoms with Gasteiger partial charge in [-0.1, -0.05) is 13.0 Å². The highest BCUT2D eigenvalue weighted by Gasteiger charge is 2.26. The van der Waals surface area contributed by atoms with Crippen LogP contribution in [0.3, 0.4) is 0 Å². The summed E-state index contributed by atoms with van der Waals surface area (Å²) in [5.74, 6) is 0. The van der Waals surface area contributed by atoms with Crippen LogP contribution in [0, 0.1) is 6.92 Å². The Morgan fingerprint density at radius 2 is 2.15 bits per heavy atom. The van der Waals surface area contributed by atoms with E-state index in [1.807, 2.05) is 31.4 Å². The van der Waals surface area contributed by atoms with Crippen molar-refractivity contribution in [2.45, 2.75) is 31.1 Å². The second-order valence-electron chi connectivity index (χ2n) is 4.39. The first-order chi connectivity index (χ1) is 9.48. The lowest BCUT2D eigenvalue weighted by molar-refractivity contribution is 0.428. The van der Waals surface area contributed by atoms with Crippen LogP contribution in [0.5, 0.6) is 0 Å². The van der Waals surface area contributed by atoms with Gasteiger partial charge in [0.05, 0.1) is 0 Å². The lowest BCUT2D eigenvalue weighted by atomic mass is 10.3. The number of hydrogen-bond donors (Lipinski definition) is 1. The molecule has 0 fully saturated rings. The first-order valence-corrected chi connectivity index (χ1v) is 9.44. The molecule has 2 aromatic rings. The van der Waals surface area contributed by atoms with Crippen LogP contribution in [-0.4, -0.2) is 19.3 Å². The second kappa shape index (κ2) is 6.36. The summed E-state index contributed by atoms with van der Waals surface area (Å²) in [4.78, 5) is 1.97. The first-order valence-electron chi connectivity index (χ1n) is 6.31. The molecule has 4 nitrogen and oxygen atoms in total. The van der Waals surface area contributed by atoms with E-state index in [0.29, 0.717) is 23.8 Å². The Bertz CT molecular complexity index is 660. The maximum absolute atomic E-state index is 12.7. The largest absolute Gasteiger partial charge is 0.326 e. The Balaban J connectivity index is 2.31. The fraction of sp³-hybridized carbons (Fsp3) is 0.385. The monoisotopic (exact) mass is 330 g/mol. The van der Waals surface area contributed by atoms with Crippen LogP contribution in [0.25, 0.3) is 0 Å². The highest BCUT2D eigenvalue weighted by atomic mass is 32.2. The van der Waals surface area contributed by atoms with Crippen LogP contribution in [-0.2, 0) is 23.1 Å². The van der Waals surface area contributed by atoms with Gasteiger partial charge in [0.1, 0.15) is 4.21 Å². The molecule has 0 saturated heterocycles. The predicted octanol–water partition coefficient (Wildman–Crippen LogP) is 2.79. The third kappa shape index (κ3) is 3.12. The minimum atomic E-state index is -3.44. The van der Waals surface area contributed by atoms with Crippen molar-refractivity contribution in [2.75, 3.05) is 6.54 Å². The summed E-state index contributed by atoms with van der Waals surface area (Å²) < 4.78 is 27.2. The van der Waals surface area contributed by atoms with Gasteiger partial charge in [-0.2, -0.15) is 4.31 Å². The molecule has 2 N–H and O–H groups in total. The lowest BCUT2D eigenvalue weighted by Gasteiger charge is -2.18. The van der Waals surface area contributed by atoms with Crippen LogP contribution in [0.2, 0.25) is 0 Å². The van der Waals surface area contributed by atoms with Crippen molar-refractivity contribution in [1.82, 2.24) is 4.31 Å². The zero-order valence-electron chi connectivity index (χ0n) is 11.5. The van der Waals surface area contributed by atoms with Gasteiger partial charge in [-0.25, -0.2) is 8.42 Å². The van der Waals surface area contributed by atoms with Gasteiger partial charge in [0.25, 0.3) is 10.0 Å². The molecule has 0 saturated carbocycles. The van der Waals surface area contributed by atoms with Gasteiger partial charge in [0.2, 0.25) is 0 Å². The Hall–Kier alpha value is -0.730. The minimum absolute atomic E-state index is 0.378. The number of rotatable bonds is 6. The summed E-state index contributed by atoms with van der Waals surface area (Å²) in [6, 6.07) is 5.61. The average Bonchev–Trinajstić information content (AvgIpc) is 3.04. The molecule has 0 bridgehead atoms. The lowest BCUT2D eigenvalue weighted by Crippen LogP contribution is -2.29. The molecule has 0 atom stereocenters. The molecule has 0 unspecified atom stereocenters. The zero-order valence-corrected chi connectivity index (χ0v) is 13.9. The second-order valence-corrected chi connectivity index (χ2v) is 8.72. The van der Waals surface area contributed by atoms with E-state index in [1.165, 1.54) is 15.6 Å². The van der Waals surface area contributed by atoms with E-state index in [-0.39, 0.29) is 0 Å². The number of nitrogens with two attached hydrogens (primary N) is 1. The Labute approximate surface area is 127 Å². The molecule has 2 heterocycles. The van der Waals surface area contributed by atoms with Gasteiger partial charge in [0.15, 0.2) is 0 Å². The molecule has 110 valence electrons. The number of thiophene rings is 2. The van der Waals surface area contributed by atoms with Crippen molar-refractivity contribution in [3.05, 3.63) is 38.9 Å². The Morgan fingerprint density at radius 3 is 2.65 bits per heavy atom. The fourth-order valence-electron chi connectivity index (χ4n) is 1.89. The molecule has 0 aromatic carbocycles. The quantitative estimate of drug-likeness (QED) is 0.886. The summed E-state index contributed by atoms with van der Waals surface area (Å²) in [6.07, 6.45) is 0. The molecule has 0 amide bonds. The smallest absolute Gasteiger partial charge is 0.252 e. The molecule has 2 aromatic heterocycles. The molecule has 0 aliphatic rings. The van der Waals surface area contributed by atoms with E-state index in [1.54, 1.807) is 17.4 Å². The maximum Gasteiger partial charge on any atom is 0.252 e. The van der Waals surface area contributed by atoms with Crippen LogP contribution >= 0.6 is 22.7 Å². The zero-order chi connectivity index (χ0) is 14.8. The van der Waals surface area contributed by atoms with Crippen molar-refractivity contribution in [3.63, 3.8) is 0 Å². The van der Waals surface area contributed by atoms with Crippen molar-refractivity contribution < 1.29 is 8.42 Å². The van der Waals surface area contributed by atoms with Crippen molar-refractivity contribution in [1.29, 1.82) is 0 Å². The van der Waals surface area contributed by atoms with Gasteiger partial charge in [-0.05, 0) is 30.0 Å². The summed E-state index contributed by atoms with van der Waals surface area (Å²) in [6.45, 7) is 5.01. The van der Waals surface area contributed by atoms with Gasteiger partial charge < -0.3 is 5.73 Å². The van der Waals surface area contributed by atoms with Crippen molar-refractivity contribution in [3.8, 4) is 0 Å². The van der Waals surface area contributed by atoms with Crippen LogP contribution < -0.4 is 5.73 Å². The van der Waals surface area contributed by atoms with E-state index < -0.39 is 10.0 Å². The van der Waals surface area contributed by atoms with Gasteiger partial charge >= 0.3 is 0 Å². The highest BCUT2D eigenvalue weighted by Crippen LogP contribution is 2.29. The molecule has 0 spiro atoms. The summed E-state index contributed by atoms with van der Waals surface area (Å²) in [7, 11) is -3.44. The molecule has 7 heteroatoms. The van der Waals surface area contributed by atoms with E-state index >= 15 is 0 Å². The number of hydrogen-bond acceptors (Lipinski definition) is 5. The van der Waals surface area contributed by atoms with Crippen molar-refractivity contribution >= 4 is 32.7 Å². The number of sulfonamides is 1. The molecule has 0 aliphatic carbocycles. The molecule has 2 rings (SSSR count). The number of aryl methyl sites for hydroxylation is 1. The molecular weight excluding hydrogens is 312 g/mol. The Kier molecular flexibility index (Phi) is 4.98. The van der Waals surface area contributed by atoms with Crippen LogP contribution in [0.1, 0.15) is 22.2 Å². The van der Waals surface area contributed by atoms with Crippen molar-refractivity contribution in [2.24, 2.45) is 5.73 Å². The normalized spacial score (nSPS) is 12.2. The molecular formula is C13H18N2O2S3. The molecule has 0 aliphatic heterocycles. The molecule has 20 heavy (non-hydrogen) atoms. The third-order valence-corrected chi connectivity index (χ3v) is 7.53. The van der Waals surface area contributed by atoms with Crippen LogP contribution in [0.15, 0.2) is 27.8 Å².